The largest absolute Gasteiger partial charge is 0.508 e. The van der Waals surface area contributed by atoms with Gasteiger partial charge in [0.25, 0.3) is 0 Å². The number of rotatable bonds is 9. The molecule has 10 nitrogen and oxygen atoms in total. The maximum atomic E-state index is 10.3. The second-order valence-electron chi connectivity index (χ2n) is 9.40. The van der Waals surface area contributed by atoms with Crippen LogP contribution >= 0.6 is 0 Å². The minimum absolute atomic E-state index is 0.160. The Kier molecular flexibility index (Phi) is 10.2. The molecule has 218 valence electrons. The van der Waals surface area contributed by atoms with Crippen LogP contribution in [0.1, 0.15) is 41.0 Å². The Hall–Kier alpha value is -4.70. The third-order valence-corrected chi connectivity index (χ3v) is 6.61. The van der Waals surface area contributed by atoms with Crippen molar-refractivity contribution in [2.24, 2.45) is 0 Å². The van der Waals surface area contributed by atoms with Crippen molar-refractivity contribution in [1.82, 2.24) is 9.88 Å². The van der Waals surface area contributed by atoms with E-state index in [1.807, 2.05) is 38.1 Å². The van der Waals surface area contributed by atoms with E-state index in [-0.39, 0.29) is 11.3 Å². The number of nitrogens with one attached hydrogen (secondary N) is 1. The van der Waals surface area contributed by atoms with Crippen molar-refractivity contribution in [2.75, 3.05) is 32.6 Å². The van der Waals surface area contributed by atoms with Crippen molar-refractivity contribution in [3.05, 3.63) is 70.9 Å². The van der Waals surface area contributed by atoms with E-state index in [1.54, 1.807) is 20.3 Å². The summed E-state index contributed by atoms with van der Waals surface area (Å²) in [4.78, 5) is 17.2. The molecule has 0 fully saturated rings. The zero-order valence-electron chi connectivity index (χ0n) is 24.1. The first-order chi connectivity index (χ1) is 19.5. The molecule has 0 aliphatic heterocycles. The summed E-state index contributed by atoms with van der Waals surface area (Å²) >= 11 is 0. The minimum atomic E-state index is -1.22. The number of ether oxygens (including phenoxy) is 2. The van der Waals surface area contributed by atoms with E-state index >= 15 is 0 Å². The maximum absolute atomic E-state index is 10.3. The summed E-state index contributed by atoms with van der Waals surface area (Å²) in [7, 11) is 3.31. The molecule has 0 unspecified atom stereocenters. The number of carboxylic acids is 1. The van der Waals surface area contributed by atoms with Gasteiger partial charge in [-0.2, -0.15) is 0 Å². The second kappa shape index (κ2) is 13.6. The lowest BCUT2D eigenvalue weighted by atomic mass is 10.1. The van der Waals surface area contributed by atoms with Crippen LogP contribution in [0.2, 0.25) is 0 Å². The molecular formula is C31H37N3O7. The molecule has 0 aliphatic rings. The number of hydrogen-bond acceptors (Lipinski definition) is 9. The lowest BCUT2D eigenvalue weighted by molar-refractivity contribution is 0.0693. The number of fused-ring (bicyclic) bond motifs is 1. The third-order valence-electron chi connectivity index (χ3n) is 6.61. The number of aromatic nitrogens is 1. The van der Waals surface area contributed by atoms with Crippen LogP contribution in [0, 0.1) is 13.8 Å². The number of aromatic hydroxyl groups is 3. The number of pyridine rings is 1. The van der Waals surface area contributed by atoms with Crippen LogP contribution < -0.4 is 14.8 Å². The van der Waals surface area contributed by atoms with E-state index in [1.165, 1.54) is 6.07 Å². The van der Waals surface area contributed by atoms with Gasteiger partial charge in [-0.15, -0.1) is 0 Å². The highest BCUT2D eigenvalue weighted by Crippen LogP contribution is 2.42. The fourth-order valence-corrected chi connectivity index (χ4v) is 4.50. The van der Waals surface area contributed by atoms with Crippen LogP contribution in [-0.4, -0.2) is 63.6 Å². The van der Waals surface area contributed by atoms with Gasteiger partial charge in [0.05, 0.1) is 25.3 Å². The molecule has 3 aromatic carbocycles. The van der Waals surface area contributed by atoms with Crippen LogP contribution in [0.15, 0.2) is 48.5 Å². The van der Waals surface area contributed by atoms with Gasteiger partial charge in [0, 0.05) is 35.6 Å². The number of benzene rings is 3. The highest BCUT2D eigenvalue weighted by atomic mass is 16.5. The smallest absolute Gasteiger partial charge is 0.339 e. The molecule has 0 amide bonds. The van der Waals surface area contributed by atoms with Crippen LogP contribution in [0.25, 0.3) is 10.9 Å². The Morgan fingerprint density at radius 3 is 2.22 bits per heavy atom. The van der Waals surface area contributed by atoms with E-state index < -0.39 is 11.7 Å². The van der Waals surface area contributed by atoms with Crippen LogP contribution in [0.3, 0.4) is 0 Å². The SMILES string of the molecule is CCN(CC)Cc1cc(Nc2cc(OC)c3nc(C)cc(C)c3c2OC)ccc1O.O=C(O)c1ccc(O)cc1O. The molecule has 0 atom stereocenters. The van der Waals surface area contributed by atoms with E-state index in [0.29, 0.717) is 23.8 Å². The Bertz CT molecular complexity index is 1530. The van der Waals surface area contributed by atoms with Crippen molar-refractivity contribution < 1.29 is 34.7 Å². The lowest BCUT2D eigenvalue weighted by Gasteiger charge is -2.20. The van der Waals surface area contributed by atoms with Crippen LogP contribution in [0.5, 0.6) is 28.7 Å². The predicted octanol–water partition coefficient (Wildman–Crippen LogP) is 5.96. The summed E-state index contributed by atoms with van der Waals surface area (Å²) in [5.41, 5.74) is 5.10. The second-order valence-corrected chi connectivity index (χ2v) is 9.40. The van der Waals surface area contributed by atoms with Gasteiger partial charge >= 0.3 is 5.97 Å². The summed E-state index contributed by atoms with van der Waals surface area (Å²) in [6, 6.07) is 12.8. The van der Waals surface area contributed by atoms with Gasteiger partial charge < -0.3 is 35.2 Å². The zero-order valence-corrected chi connectivity index (χ0v) is 24.1. The fraction of sp³-hybridized carbons (Fsp3) is 0.290. The van der Waals surface area contributed by atoms with Gasteiger partial charge in [0.2, 0.25) is 0 Å². The Morgan fingerprint density at radius 2 is 1.63 bits per heavy atom. The molecule has 0 spiro atoms. The molecule has 4 aromatic rings. The molecule has 0 aliphatic carbocycles. The molecule has 0 saturated carbocycles. The number of aryl methyl sites for hydroxylation is 2. The van der Waals surface area contributed by atoms with Crippen molar-refractivity contribution in [1.29, 1.82) is 0 Å². The van der Waals surface area contributed by atoms with Gasteiger partial charge in [-0.25, -0.2) is 9.78 Å². The Labute approximate surface area is 239 Å². The van der Waals surface area contributed by atoms with Crippen LogP contribution in [0.4, 0.5) is 11.4 Å². The molecule has 41 heavy (non-hydrogen) atoms. The van der Waals surface area contributed by atoms with Gasteiger partial charge in [-0.3, -0.25) is 4.90 Å². The number of aromatic carboxylic acids is 1. The average molecular weight is 564 g/mol. The van der Waals surface area contributed by atoms with Crippen molar-refractivity contribution >= 4 is 28.2 Å². The first-order valence-corrected chi connectivity index (χ1v) is 13.1. The molecule has 0 saturated heterocycles. The van der Waals surface area contributed by atoms with Gasteiger partial charge in [-0.1, -0.05) is 13.8 Å². The standard InChI is InChI=1S/C24H31N3O3.C7H6O4/c1-7-27(8-2)14-17-12-18(9-10-20(17)28)26-19-13-21(29-5)23-22(24(19)30-6)15(3)11-16(4)25-23;8-4-1-2-5(7(10)11)6(9)3-4/h9-13,26,28H,7-8,14H2,1-6H3;1-3,8-9H,(H,10,11). The quantitative estimate of drug-likeness (QED) is 0.155. The van der Waals surface area contributed by atoms with Crippen molar-refractivity contribution in [3.8, 4) is 28.7 Å². The van der Waals surface area contributed by atoms with E-state index in [2.05, 4.69) is 29.0 Å². The monoisotopic (exact) mass is 563 g/mol. The molecular weight excluding hydrogens is 526 g/mol. The molecule has 10 heteroatoms. The summed E-state index contributed by atoms with van der Waals surface area (Å²) in [6.07, 6.45) is 0. The number of hydrogen-bond donors (Lipinski definition) is 5. The Morgan fingerprint density at radius 1 is 0.927 bits per heavy atom. The Balaban J connectivity index is 0.000000352. The molecule has 4 rings (SSSR count). The van der Waals surface area contributed by atoms with Gasteiger partial charge in [0.15, 0.2) is 5.75 Å². The highest BCUT2D eigenvalue weighted by Gasteiger charge is 2.18. The molecule has 0 bridgehead atoms. The van der Waals surface area contributed by atoms with E-state index in [4.69, 9.17) is 24.8 Å². The summed E-state index contributed by atoms with van der Waals surface area (Å²) in [5.74, 6) is -0.116. The number of methoxy groups -OCH3 is 2. The normalized spacial score (nSPS) is 10.7. The van der Waals surface area contributed by atoms with Gasteiger partial charge in [-0.05, 0) is 68.9 Å². The van der Waals surface area contributed by atoms with E-state index in [0.717, 1.165) is 64.3 Å². The molecule has 1 aromatic heterocycles. The number of anilines is 2. The lowest BCUT2D eigenvalue weighted by Crippen LogP contribution is -2.22. The number of carbonyl (C=O) groups is 1. The summed E-state index contributed by atoms with van der Waals surface area (Å²) < 4.78 is 11.4. The van der Waals surface area contributed by atoms with Crippen LogP contribution in [-0.2, 0) is 6.54 Å². The number of phenols is 3. The van der Waals surface area contributed by atoms with Crippen molar-refractivity contribution in [3.63, 3.8) is 0 Å². The number of carboxylic acid groups (broad SMARTS) is 1. The van der Waals surface area contributed by atoms with Gasteiger partial charge in [0.1, 0.15) is 34.1 Å². The predicted molar refractivity (Wildman–Crippen MR) is 159 cm³/mol. The minimum Gasteiger partial charge on any atom is -0.508 e. The highest BCUT2D eigenvalue weighted by molar-refractivity contribution is 5.98. The number of nitrogens with zero attached hydrogens (tertiary/aromatic N) is 2. The third kappa shape index (κ3) is 7.29. The molecule has 5 N–H and O–H groups in total. The molecule has 1 heterocycles. The fourth-order valence-electron chi connectivity index (χ4n) is 4.50. The first-order valence-electron chi connectivity index (χ1n) is 13.1. The van der Waals surface area contributed by atoms with Crippen molar-refractivity contribution in [2.45, 2.75) is 34.2 Å². The topological polar surface area (TPSA) is 145 Å². The maximum Gasteiger partial charge on any atom is 0.339 e. The summed E-state index contributed by atoms with van der Waals surface area (Å²) in [5, 5.41) is 40.8. The first kappa shape index (κ1) is 30.8. The average Bonchev–Trinajstić information content (AvgIpc) is 2.93. The summed E-state index contributed by atoms with van der Waals surface area (Å²) in [6.45, 7) is 10.8. The number of phenolic OH excluding ortho intramolecular Hbond substituents is 2. The van der Waals surface area contributed by atoms with E-state index in [9.17, 15) is 9.90 Å². The zero-order chi connectivity index (χ0) is 30.3. The molecule has 0 radical (unpaired) electrons.